The van der Waals surface area contributed by atoms with Crippen molar-refractivity contribution in [2.45, 2.75) is 39.7 Å². The number of halogens is 1. The summed E-state index contributed by atoms with van der Waals surface area (Å²) >= 11 is 0. The van der Waals surface area contributed by atoms with Crippen molar-refractivity contribution in [3.63, 3.8) is 0 Å². The average molecular weight is 223 g/mol. The molecule has 2 atom stereocenters. The van der Waals surface area contributed by atoms with Crippen molar-refractivity contribution in [2.75, 3.05) is 6.54 Å². The van der Waals surface area contributed by atoms with Gasteiger partial charge in [0.15, 0.2) is 0 Å². The summed E-state index contributed by atoms with van der Waals surface area (Å²) in [5.41, 5.74) is 1.02. The predicted octanol–water partition coefficient (Wildman–Crippen LogP) is 3.91. The third-order valence-corrected chi connectivity index (χ3v) is 2.90. The Hall–Kier alpha value is -0.890. The fraction of sp³-hybridized carbons (Fsp3) is 0.571. The Morgan fingerprint density at radius 1 is 1.31 bits per heavy atom. The summed E-state index contributed by atoms with van der Waals surface area (Å²) in [6.07, 6.45) is 2.46. The number of hydrogen-bond acceptors (Lipinski definition) is 1. The lowest BCUT2D eigenvalue weighted by molar-refractivity contribution is 0.443. The first-order chi connectivity index (χ1) is 7.63. The molecule has 0 aliphatic heterocycles. The zero-order valence-electron chi connectivity index (χ0n) is 10.5. The Bertz CT molecular complexity index is 311. The topological polar surface area (TPSA) is 12.0 Å². The minimum absolute atomic E-state index is 0.159. The van der Waals surface area contributed by atoms with E-state index in [-0.39, 0.29) is 11.9 Å². The molecule has 1 aromatic carbocycles. The summed E-state index contributed by atoms with van der Waals surface area (Å²) in [6.45, 7) is 7.51. The highest BCUT2D eigenvalue weighted by Crippen LogP contribution is 2.14. The zero-order chi connectivity index (χ0) is 12.0. The normalized spacial score (nSPS) is 14.8. The average Bonchev–Trinajstić information content (AvgIpc) is 2.26. The van der Waals surface area contributed by atoms with Gasteiger partial charge in [-0.05, 0) is 43.5 Å². The highest BCUT2D eigenvalue weighted by atomic mass is 19.1. The fourth-order valence-corrected chi connectivity index (χ4v) is 1.87. The van der Waals surface area contributed by atoms with Gasteiger partial charge in [0.05, 0.1) is 0 Å². The summed E-state index contributed by atoms with van der Waals surface area (Å²) in [6, 6.07) is 7.02. The van der Waals surface area contributed by atoms with Gasteiger partial charge in [0, 0.05) is 6.04 Å². The van der Waals surface area contributed by atoms with Crippen molar-refractivity contribution in [2.24, 2.45) is 5.92 Å². The van der Waals surface area contributed by atoms with Gasteiger partial charge < -0.3 is 5.32 Å². The number of rotatable bonds is 6. The molecule has 1 nitrogen and oxygen atoms in total. The predicted molar refractivity (Wildman–Crippen MR) is 66.9 cm³/mol. The number of benzene rings is 1. The van der Waals surface area contributed by atoms with Gasteiger partial charge >= 0.3 is 0 Å². The van der Waals surface area contributed by atoms with Crippen LogP contribution in [0.4, 0.5) is 4.39 Å². The van der Waals surface area contributed by atoms with Crippen LogP contribution < -0.4 is 5.32 Å². The highest BCUT2D eigenvalue weighted by molar-refractivity contribution is 5.19. The van der Waals surface area contributed by atoms with Crippen LogP contribution in [0.3, 0.4) is 0 Å². The fourth-order valence-electron chi connectivity index (χ4n) is 1.87. The molecule has 0 saturated heterocycles. The molecular formula is C14H22FN. The van der Waals surface area contributed by atoms with Crippen LogP contribution >= 0.6 is 0 Å². The molecule has 0 aromatic heterocycles. The molecule has 0 aliphatic rings. The van der Waals surface area contributed by atoms with Crippen LogP contribution in [0, 0.1) is 11.7 Å². The molecule has 0 heterocycles. The third-order valence-electron chi connectivity index (χ3n) is 2.90. The Labute approximate surface area is 98.1 Å². The quantitative estimate of drug-likeness (QED) is 0.771. The van der Waals surface area contributed by atoms with Gasteiger partial charge in [0.1, 0.15) is 5.82 Å². The first-order valence-electron chi connectivity index (χ1n) is 6.12. The van der Waals surface area contributed by atoms with Crippen molar-refractivity contribution in [3.8, 4) is 0 Å². The molecule has 1 aromatic rings. The van der Waals surface area contributed by atoms with E-state index in [1.54, 1.807) is 12.1 Å². The van der Waals surface area contributed by atoms with Crippen molar-refractivity contribution < 1.29 is 4.39 Å². The second-order valence-corrected chi connectivity index (χ2v) is 4.58. The number of nitrogens with one attached hydrogen (secondary N) is 1. The van der Waals surface area contributed by atoms with Crippen molar-refractivity contribution >= 4 is 0 Å². The molecule has 0 bridgehead atoms. The molecule has 0 radical (unpaired) electrons. The van der Waals surface area contributed by atoms with E-state index < -0.39 is 0 Å². The monoisotopic (exact) mass is 223 g/mol. The molecule has 1 N–H and O–H groups in total. The summed E-state index contributed by atoms with van der Waals surface area (Å²) in [5, 5.41) is 3.44. The highest BCUT2D eigenvalue weighted by Gasteiger charge is 2.07. The van der Waals surface area contributed by atoms with Crippen molar-refractivity contribution in [1.29, 1.82) is 0 Å². The molecule has 1 rings (SSSR count). The summed E-state index contributed by atoms with van der Waals surface area (Å²) in [5.74, 6) is 0.522. The van der Waals surface area contributed by atoms with Crippen LogP contribution in [0.1, 0.15) is 45.2 Å². The summed E-state index contributed by atoms with van der Waals surface area (Å²) in [7, 11) is 0. The Kier molecular flexibility index (Phi) is 5.47. The summed E-state index contributed by atoms with van der Waals surface area (Å²) in [4.78, 5) is 0. The SMILES string of the molecule is CCCC(C)CNC(C)c1cccc(F)c1. The van der Waals surface area contributed by atoms with Crippen LogP contribution in [0.15, 0.2) is 24.3 Å². The lowest BCUT2D eigenvalue weighted by atomic mass is 10.0. The van der Waals surface area contributed by atoms with Crippen LogP contribution in [0.5, 0.6) is 0 Å². The largest absolute Gasteiger partial charge is 0.310 e. The van der Waals surface area contributed by atoms with Gasteiger partial charge in [0.25, 0.3) is 0 Å². The molecule has 0 aliphatic carbocycles. The smallest absolute Gasteiger partial charge is 0.123 e. The van der Waals surface area contributed by atoms with Gasteiger partial charge in [-0.2, -0.15) is 0 Å². The third kappa shape index (κ3) is 4.31. The second-order valence-electron chi connectivity index (χ2n) is 4.58. The maximum Gasteiger partial charge on any atom is 0.123 e. The summed E-state index contributed by atoms with van der Waals surface area (Å²) < 4.78 is 13.0. The maximum atomic E-state index is 13.0. The Balaban J connectivity index is 2.43. The van der Waals surface area contributed by atoms with E-state index >= 15 is 0 Å². The molecule has 0 spiro atoms. The van der Waals surface area contributed by atoms with Crippen LogP contribution in [-0.2, 0) is 0 Å². The lowest BCUT2D eigenvalue weighted by Gasteiger charge is -2.17. The molecular weight excluding hydrogens is 201 g/mol. The Morgan fingerprint density at radius 3 is 2.69 bits per heavy atom. The van der Waals surface area contributed by atoms with Gasteiger partial charge in [-0.3, -0.25) is 0 Å². The first kappa shape index (κ1) is 13.2. The molecule has 2 unspecified atom stereocenters. The minimum atomic E-state index is -0.159. The van der Waals surface area contributed by atoms with E-state index in [0.717, 1.165) is 12.1 Å². The molecule has 16 heavy (non-hydrogen) atoms. The van der Waals surface area contributed by atoms with E-state index in [0.29, 0.717) is 5.92 Å². The minimum Gasteiger partial charge on any atom is -0.310 e. The van der Waals surface area contributed by atoms with E-state index in [9.17, 15) is 4.39 Å². The van der Waals surface area contributed by atoms with Gasteiger partial charge in [0.2, 0.25) is 0 Å². The van der Waals surface area contributed by atoms with Crippen molar-refractivity contribution in [3.05, 3.63) is 35.6 Å². The van der Waals surface area contributed by atoms with Gasteiger partial charge in [-0.25, -0.2) is 4.39 Å². The van der Waals surface area contributed by atoms with Gasteiger partial charge in [-0.15, -0.1) is 0 Å². The van der Waals surface area contributed by atoms with E-state index in [2.05, 4.69) is 26.1 Å². The second kappa shape index (κ2) is 6.64. The molecule has 90 valence electrons. The molecule has 2 heteroatoms. The van der Waals surface area contributed by atoms with Crippen molar-refractivity contribution in [1.82, 2.24) is 5.32 Å². The maximum absolute atomic E-state index is 13.0. The first-order valence-corrected chi connectivity index (χ1v) is 6.12. The van der Waals surface area contributed by atoms with Crippen LogP contribution in [0.25, 0.3) is 0 Å². The molecule has 0 fully saturated rings. The Morgan fingerprint density at radius 2 is 2.06 bits per heavy atom. The molecule has 0 saturated carbocycles. The molecule has 0 amide bonds. The van der Waals surface area contributed by atoms with E-state index in [1.807, 2.05) is 6.07 Å². The lowest BCUT2D eigenvalue weighted by Crippen LogP contribution is -2.24. The number of hydrogen-bond donors (Lipinski definition) is 1. The zero-order valence-corrected chi connectivity index (χ0v) is 10.5. The van der Waals surface area contributed by atoms with E-state index in [4.69, 9.17) is 0 Å². The van der Waals surface area contributed by atoms with Crippen LogP contribution in [0.2, 0.25) is 0 Å². The van der Waals surface area contributed by atoms with E-state index in [1.165, 1.54) is 18.9 Å². The van der Waals surface area contributed by atoms with Crippen LogP contribution in [-0.4, -0.2) is 6.54 Å². The van der Waals surface area contributed by atoms with Gasteiger partial charge in [-0.1, -0.05) is 32.4 Å². The standard InChI is InChI=1S/C14H22FN/c1-4-6-11(2)10-16-12(3)13-7-5-8-14(15)9-13/h5,7-9,11-12,16H,4,6,10H2,1-3H3.